The summed E-state index contributed by atoms with van der Waals surface area (Å²) in [7, 11) is -3.71. The van der Waals surface area contributed by atoms with Crippen molar-refractivity contribution in [1.29, 1.82) is 0 Å². The molecule has 1 aromatic rings. The van der Waals surface area contributed by atoms with Gasteiger partial charge < -0.3 is 10.1 Å². The van der Waals surface area contributed by atoms with Crippen molar-refractivity contribution in [1.82, 2.24) is 9.62 Å². The number of sulfonamides is 1. The maximum Gasteiger partial charge on any atom is 0.258 e. The van der Waals surface area contributed by atoms with E-state index in [1.807, 2.05) is 0 Å². The van der Waals surface area contributed by atoms with Gasteiger partial charge in [0.25, 0.3) is 5.91 Å². The van der Waals surface area contributed by atoms with Crippen molar-refractivity contribution in [3.05, 3.63) is 23.2 Å². The highest BCUT2D eigenvalue weighted by Gasteiger charge is 2.29. The number of hydrogen-bond acceptors (Lipinski definition) is 5. The van der Waals surface area contributed by atoms with E-state index in [1.165, 1.54) is 16.4 Å². The first kappa shape index (κ1) is 19.8. The molecule has 3 rings (SSSR count). The first-order valence-corrected chi connectivity index (χ1v) is 11.7. The number of nitrogens with zero attached hydrogens (tertiary/aromatic N) is 1. The maximum absolute atomic E-state index is 13.0. The Morgan fingerprint density at radius 2 is 1.96 bits per heavy atom. The molecule has 1 N–H and O–H groups in total. The van der Waals surface area contributed by atoms with Crippen LogP contribution in [0.2, 0.25) is 5.02 Å². The third-order valence-electron chi connectivity index (χ3n) is 4.57. The second-order valence-electron chi connectivity index (χ2n) is 6.45. The van der Waals surface area contributed by atoms with E-state index in [1.54, 1.807) is 17.8 Å². The van der Waals surface area contributed by atoms with Crippen molar-refractivity contribution < 1.29 is 17.9 Å². The lowest BCUT2D eigenvalue weighted by Gasteiger charge is -2.26. The molecule has 1 heterocycles. The third kappa shape index (κ3) is 4.85. The quantitative estimate of drug-likeness (QED) is 0.768. The van der Waals surface area contributed by atoms with Gasteiger partial charge in [0.15, 0.2) is 6.61 Å². The number of carbonyl (C=O) groups excluding carboxylic acids is 1. The van der Waals surface area contributed by atoms with E-state index in [-0.39, 0.29) is 29.2 Å². The van der Waals surface area contributed by atoms with Gasteiger partial charge in [0.1, 0.15) is 10.6 Å². The summed E-state index contributed by atoms with van der Waals surface area (Å²) in [6.07, 6.45) is 4.22. The van der Waals surface area contributed by atoms with Crippen LogP contribution in [0.4, 0.5) is 0 Å². The van der Waals surface area contributed by atoms with Crippen molar-refractivity contribution in [2.75, 3.05) is 31.2 Å². The molecule has 1 aliphatic heterocycles. The zero-order chi connectivity index (χ0) is 18.6. The Balaban J connectivity index is 1.72. The van der Waals surface area contributed by atoms with Gasteiger partial charge in [-0.1, -0.05) is 24.4 Å². The summed E-state index contributed by atoms with van der Waals surface area (Å²) in [5.41, 5.74) is 0. The highest BCUT2D eigenvalue weighted by atomic mass is 35.5. The summed E-state index contributed by atoms with van der Waals surface area (Å²) in [5, 5.41) is 3.25. The molecule has 1 amide bonds. The molecule has 26 heavy (non-hydrogen) atoms. The number of amides is 1. The van der Waals surface area contributed by atoms with Gasteiger partial charge in [-0.2, -0.15) is 16.1 Å². The highest BCUT2D eigenvalue weighted by Crippen LogP contribution is 2.31. The van der Waals surface area contributed by atoms with Crippen molar-refractivity contribution in [3.8, 4) is 5.75 Å². The predicted octanol–water partition coefficient (Wildman–Crippen LogP) is 2.52. The molecule has 1 saturated carbocycles. The number of ether oxygens (including phenoxy) is 1. The van der Waals surface area contributed by atoms with Gasteiger partial charge in [0.05, 0.1) is 0 Å². The molecule has 1 aromatic carbocycles. The summed E-state index contributed by atoms with van der Waals surface area (Å²) < 4.78 is 32.9. The SMILES string of the molecule is O=C(COc1ccc(Cl)cc1S(=O)(=O)N1CCSCC1)NC1CCCC1. The molecule has 0 unspecified atom stereocenters. The smallest absolute Gasteiger partial charge is 0.258 e. The average molecular weight is 419 g/mol. The Morgan fingerprint density at radius 1 is 1.27 bits per heavy atom. The Bertz CT molecular complexity index is 745. The van der Waals surface area contributed by atoms with E-state index >= 15 is 0 Å². The largest absolute Gasteiger partial charge is 0.482 e. The minimum Gasteiger partial charge on any atom is -0.482 e. The van der Waals surface area contributed by atoms with Crippen LogP contribution in [0.25, 0.3) is 0 Å². The van der Waals surface area contributed by atoms with Crippen LogP contribution in [0.1, 0.15) is 25.7 Å². The molecule has 9 heteroatoms. The lowest BCUT2D eigenvalue weighted by atomic mass is 10.2. The Labute approximate surface area is 163 Å². The lowest BCUT2D eigenvalue weighted by molar-refractivity contribution is -0.123. The van der Waals surface area contributed by atoms with Gasteiger partial charge >= 0.3 is 0 Å². The van der Waals surface area contributed by atoms with Gasteiger partial charge in [0, 0.05) is 35.7 Å². The van der Waals surface area contributed by atoms with Crippen molar-refractivity contribution in [3.63, 3.8) is 0 Å². The summed E-state index contributed by atoms with van der Waals surface area (Å²) in [5.74, 6) is 1.46. The summed E-state index contributed by atoms with van der Waals surface area (Å²) in [6, 6.07) is 4.67. The monoisotopic (exact) mass is 418 g/mol. The van der Waals surface area contributed by atoms with E-state index in [9.17, 15) is 13.2 Å². The van der Waals surface area contributed by atoms with Gasteiger partial charge in [-0.25, -0.2) is 8.42 Å². The molecule has 0 atom stereocenters. The Hall–Kier alpha value is -0.960. The van der Waals surface area contributed by atoms with E-state index < -0.39 is 10.0 Å². The van der Waals surface area contributed by atoms with Crippen LogP contribution >= 0.6 is 23.4 Å². The Morgan fingerprint density at radius 3 is 2.65 bits per heavy atom. The van der Waals surface area contributed by atoms with Crippen LogP contribution < -0.4 is 10.1 Å². The first-order valence-electron chi connectivity index (χ1n) is 8.76. The molecule has 1 aliphatic carbocycles. The zero-order valence-electron chi connectivity index (χ0n) is 14.4. The fourth-order valence-corrected chi connectivity index (χ4v) is 6.18. The fourth-order valence-electron chi connectivity index (χ4n) is 3.21. The predicted molar refractivity (Wildman–Crippen MR) is 103 cm³/mol. The van der Waals surface area contributed by atoms with Gasteiger partial charge in [0.2, 0.25) is 10.0 Å². The minimum atomic E-state index is -3.71. The van der Waals surface area contributed by atoms with E-state index in [4.69, 9.17) is 16.3 Å². The third-order valence-corrected chi connectivity index (χ3v) is 7.67. The van der Waals surface area contributed by atoms with Gasteiger partial charge in [-0.05, 0) is 31.0 Å². The average Bonchev–Trinajstić information content (AvgIpc) is 3.14. The summed E-state index contributed by atoms with van der Waals surface area (Å²) in [6.45, 7) is 0.707. The van der Waals surface area contributed by atoms with Gasteiger partial charge in [-0.3, -0.25) is 4.79 Å². The number of benzene rings is 1. The highest BCUT2D eigenvalue weighted by molar-refractivity contribution is 7.99. The van der Waals surface area contributed by atoms with Crippen LogP contribution in [-0.4, -0.2) is 55.9 Å². The van der Waals surface area contributed by atoms with Crippen molar-refractivity contribution in [2.24, 2.45) is 0 Å². The molecule has 0 spiro atoms. The zero-order valence-corrected chi connectivity index (χ0v) is 16.8. The number of rotatable bonds is 6. The molecular weight excluding hydrogens is 396 g/mol. The van der Waals surface area contributed by atoms with Crippen LogP contribution in [0, 0.1) is 0 Å². The van der Waals surface area contributed by atoms with E-state index in [0.717, 1.165) is 37.2 Å². The van der Waals surface area contributed by atoms with E-state index in [0.29, 0.717) is 18.1 Å². The number of carbonyl (C=O) groups is 1. The maximum atomic E-state index is 13.0. The molecule has 6 nitrogen and oxygen atoms in total. The summed E-state index contributed by atoms with van der Waals surface area (Å²) >= 11 is 7.75. The number of thioether (sulfide) groups is 1. The van der Waals surface area contributed by atoms with Crippen LogP contribution in [0.15, 0.2) is 23.1 Å². The normalized spacial score (nSPS) is 19.4. The second kappa shape index (κ2) is 8.82. The molecule has 144 valence electrons. The standard InChI is InChI=1S/C17H23ClN2O4S2/c18-13-5-6-15(24-12-17(21)19-14-3-1-2-4-14)16(11-13)26(22,23)20-7-9-25-10-8-20/h5-6,11,14H,1-4,7-10,12H2,(H,19,21). The number of nitrogens with one attached hydrogen (secondary N) is 1. The molecule has 0 bridgehead atoms. The number of hydrogen-bond donors (Lipinski definition) is 1. The van der Waals surface area contributed by atoms with Crippen molar-refractivity contribution >= 4 is 39.3 Å². The Kier molecular flexibility index (Phi) is 6.71. The topological polar surface area (TPSA) is 75.7 Å². The minimum absolute atomic E-state index is 0.0190. The molecule has 2 fully saturated rings. The second-order valence-corrected chi connectivity index (χ2v) is 10.0. The lowest BCUT2D eigenvalue weighted by Crippen LogP contribution is -2.38. The van der Waals surface area contributed by atoms with E-state index in [2.05, 4.69) is 5.32 Å². The van der Waals surface area contributed by atoms with Crippen molar-refractivity contribution in [2.45, 2.75) is 36.6 Å². The molecular formula is C17H23ClN2O4S2. The molecule has 0 radical (unpaired) electrons. The fraction of sp³-hybridized carbons (Fsp3) is 0.588. The first-order chi connectivity index (χ1) is 12.5. The number of halogens is 1. The van der Waals surface area contributed by atoms with Crippen LogP contribution in [0.5, 0.6) is 5.75 Å². The van der Waals surface area contributed by atoms with Crippen LogP contribution in [0.3, 0.4) is 0 Å². The molecule has 1 saturated heterocycles. The molecule has 2 aliphatic rings. The molecule has 0 aromatic heterocycles. The van der Waals surface area contributed by atoms with Gasteiger partial charge in [-0.15, -0.1) is 0 Å². The summed E-state index contributed by atoms with van der Waals surface area (Å²) in [4.78, 5) is 12.1. The van der Waals surface area contributed by atoms with Crippen LogP contribution in [-0.2, 0) is 14.8 Å².